The van der Waals surface area contributed by atoms with E-state index in [2.05, 4.69) is 47.4 Å². The maximum Gasteiger partial charge on any atom is 0.118 e. The molecule has 1 aliphatic rings. The molecule has 124 valence electrons. The van der Waals surface area contributed by atoms with Crippen molar-refractivity contribution in [3.63, 3.8) is 0 Å². The van der Waals surface area contributed by atoms with Gasteiger partial charge >= 0.3 is 0 Å². The third kappa shape index (κ3) is 3.11. The summed E-state index contributed by atoms with van der Waals surface area (Å²) in [6, 6.07) is 18.8. The van der Waals surface area contributed by atoms with Crippen LogP contribution in [0.3, 0.4) is 0 Å². The minimum atomic E-state index is 0. The highest BCUT2D eigenvalue weighted by molar-refractivity contribution is 8.93. The van der Waals surface area contributed by atoms with Crippen LogP contribution in [0.25, 0.3) is 22.2 Å². The van der Waals surface area contributed by atoms with Gasteiger partial charge in [0.1, 0.15) is 5.75 Å². The van der Waals surface area contributed by atoms with Gasteiger partial charge in [0.05, 0.1) is 18.3 Å². The SMILES string of the molecule is Br.COc1ccc(-c2cc(N3CCCC3)c3ccccc3n2)cc1. The van der Waals surface area contributed by atoms with Crippen LogP contribution in [0.4, 0.5) is 5.69 Å². The number of rotatable bonds is 3. The average molecular weight is 385 g/mol. The van der Waals surface area contributed by atoms with Crippen LogP contribution in [0.5, 0.6) is 5.75 Å². The molecule has 1 aliphatic heterocycles. The van der Waals surface area contributed by atoms with Crippen molar-refractivity contribution in [2.24, 2.45) is 0 Å². The van der Waals surface area contributed by atoms with Gasteiger partial charge in [0.2, 0.25) is 0 Å². The fourth-order valence-corrected chi connectivity index (χ4v) is 3.29. The molecule has 0 spiro atoms. The van der Waals surface area contributed by atoms with Gasteiger partial charge in [-0.2, -0.15) is 0 Å². The summed E-state index contributed by atoms with van der Waals surface area (Å²) < 4.78 is 5.25. The Bertz CT molecular complexity index is 827. The molecule has 2 aromatic carbocycles. The Kier molecular flexibility index (Phi) is 5.05. The zero-order valence-corrected chi connectivity index (χ0v) is 15.4. The predicted octanol–water partition coefficient (Wildman–Crippen LogP) is 5.09. The van der Waals surface area contributed by atoms with E-state index >= 15 is 0 Å². The van der Waals surface area contributed by atoms with E-state index in [4.69, 9.17) is 9.72 Å². The molecule has 0 unspecified atom stereocenters. The summed E-state index contributed by atoms with van der Waals surface area (Å²) in [6.07, 6.45) is 2.54. The van der Waals surface area contributed by atoms with Crippen molar-refractivity contribution < 1.29 is 4.74 Å². The van der Waals surface area contributed by atoms with Crippen LogP contribution in [-0.2, 0) is 0 Å². The first-order chi connectivity index (χ1) is 11.3. The third-order valence-corrected chi connectivity index (χ3v) is 4.53. The highest BCUT2D eigenvalue weighted by Gasteiger charge is 2.17. The molecule has 1 aromatic heterocycles. The number of benzene rings is 2. The second-order valence-electron chi connectivity index (χ2n) is 5.97. The van der Waals surface area contributed by atoms with Crippen molar-refractivity contribution in [1.29, 1.82) is 0 Å². The summed E-state index contributed by atoms with van der Waals surface area (Å²) in [5.74, 6) is 0.870. The number of ether oxygens (including phenoxy) is 1. The van der Waals surface area contributed by atoms with Crippen molar-refractivity contribution in [2.75, 3.05) is 25.1 Å². The van der Waals surface area contributed by atoms with E-state index in [0.29, 0.717) is 0 Å². The van der Waals surface area contributed by atoms with Crippen molar-refractivity contribution in [3.05, 3.63) is 54.6 Å². The molecule has 0 radical (unpaired) electrons. The fraction of sp³-hybridized carbons (Fsp3) is 0.250. The number of halogens is 1. The van der Waals surface area contributed by atoms with E-state index < -0.39 is 0 Å². The van der Waals surface area contributed by atoms with Gasteiger partial charge in [0.25, 0.3) is 0 Å². The Morgan fingerprint density at radius 2 is 1.67 bits per heavy atom. The molecule has 3 nitrogen and oxygen atoms in total. The molecule has 0 atom stereocenters. The van der Waals surface area contributed by atoms with Crippen LogP contribution in [0.15, 0.2) is 54.6 Å². The van der Waals surface area contributed by atoms with Crippen LogP contribution < -0.4 is 9.64 Å². The molecule has 4 rings (SSSR count). The number of pyridine rings is 1. The second-order valence-corrected chi connectivity index (χ2v) is 5.97. The van der Waals surface area contributed by atoms with Crippen molar-refractivity contribution >= 4 is 33.6 Å². The molecule has 1 saturated heterocycles. The molecular weight excluding hydrogens is 364 g/mol. The highest BCUT2D eigenvalue weighted by Crippen LogP contribution is 2.33. The van der Waals surface area contributed by atoms with E-state index in [1.54, 1.807) is 7.11 Å². The van der Waals surface area contributed by atoms with Gasteiger partial charge in [-0.05, 0) is 49.2 Å². The minimum absolute atomic E-state index is 0. The summed E-state index contributed by atoms with van der Waals surface area (Å²) in [6.45, 7) is 2.27. The van der Waals surface area contributed by atoms with Crippen molar-refractivity contribution in [1.82, 2.24) is 4.98 Å². The van der Waals surface area contributed by atoms with E-state index in [1.165, 1.54) is 23.9 Å². The van der Waals surface area contributed by atoms with Crippen LogP contribution in [0.2, 0.25) is 0 Å². The Morgan fingerprint density at radius 3 is 2.38 bits per heavy atom. The molecule has 0 saturated carbocycles. The molecule has 0 bridgehead atoms. The number of para-hydroxylation sites is 1. The quantitative estimate of drug-likeness (QED) is 0.628. The normalized spacial score (nSPS) is 13.8. The highest BCUT2D eigenvalue weighted by atomic mass is 79.9. The van der Waals surface area contributed by atoms with Crippen molar-refractivity contribution in [2.45, 2.75) is 12.8 Å². The maximum absolute atomic E-state index is 5.25. The molecule has 0 aliphatic carbocycles. The first-order valence-electron chi connectivity index (χ1n) is 8.14. The van der Waals surface area contributed by atoms with Gasteiger partial charge in [-0.1, -0.05) is 18.2 Å². The molecule has 4 heteroatoms. The lowest BCUT2D eigenvalue weighted by Crippen LogP contribution is -2.18. The van der Waals surface area contributed by atoms with E-state index in [-0.39, 0.29) is 17.0 Å². The Labute approximate surface area is 153 Å². The molecule has 1 fully saturated rings. The molecule has 2 heterocycles. The van der Waals surface area contributed by atoms with E-state index in [1.807, 2.05) is 12.1 Å². The minimum Gasteiger partial charge on any atom is -0.497 e. The van der Waals surface area contributed by atoms with Crippen LogP contribution in [0, 0.1) is 0 Å². The number of methoxy groups -OCH3 is 1. The first-order valence-corrected chi connectivity index (χ1v) is 8.14. The van der Waals surface area contributed by atoms with Gasteiger partial charge in [-0.25, -0.2) is 4.98 Å². The number of fused-ring (bicyclic) bond motifs is 1. The average Bonchev–Trinajstić information content (AvgIpc) is 3.15. The van der Waals surface area contributed by atoms with Crippen LogP contribution in [0.1, 0.15) is 12.8 Å². The van der Waals surface area contributed by atoms with Crippen LogP contribution >= 0.6 is 17.0 Å². The number of nitrogens with zero attached hydrogens (tertiary/aromatic N) is 2. The Morgan fingerprint density at radius 1 is 0.958 bits per heavy atom. The van der Waals surface area contributed by atoms with Crippen molar-refractivity contribution in [3.8, 4) is 17.0 Å². The lowest BCUT2D eigenvalue weighted by molar-refractivity contribution is 0.415. The lowest BCUT2D eigenvalue weighted by Gasteiger charge is -2.20. The third-order valence-electron chi connectivity index (χ3n) is 4.53. The number of aromatic nitrogens is 1. The molecule has 0 N–H and O–H groups in total. The smallest absolute Gasteiger partial charge is 0.118 e. The summed E-state index contributed by atoms with van der Waals surface area (Å²) in [7, 11) is 1.69. The predicted molar refractivity (Wildman–Crippen MR) is 106 cm³/mol. The summed E-state index contributed by atoms with van der Waals surface area (Å²) >= 11 is 0. The second kappa shape index (κ2) is 7.22. The topological polar surface area (TPSA) is 25.4 Å². The zero-order valence-electron chi connectivity index (χ0n) is 13.7. The first kappa shape index (κ1) is 16.8. The molecule has 0 amide bonds. The molecule has 24 heavy (non-hydrogen) atoms. The van der Waals surface area contributed by atoms with Gasteiger partial charge in [0, 0.05) is 29.7 Å². The van der Waals surface area contributed by atoms with E-state index in [9.17, 15) is 0 Å². The Balaban J connectivity index is 0.00000169. The lowest BCUT2D eigenvalue weighted by atomic mass is 10.1. The summed E-state index contributed by atoms with van der Waals surface area (Å²) in [4.78, 5) is 7.35. The number of anilines is 1. The van der Waals surface area contributed by atoms with E-state index in [0.717, 1.165) is 35.6 Å². The molecular formula is C20H21BrN2O. The number of hydrogen-bond acceptors (Lipinski definition) is 3. The van der Waals surface area contributed by atoms with Crippen LogP contribution in [-0.4, -0.2) is 25.2 Å². The summed E-state index contributed by atoms with van der Waals surface area (Å²) in [5, 5.41) is 1.24. The standard InChI is InChI=1S/C20H20N2O.BrH/c1-23-16-10-8-15(9-11-16)19-14-20(22-12-4-5-13-22)17-6-2-3-7-18(17)21-19;/h2-3,6-11,14H,4-5,12-13H2,1H3;1H. The fourth-order valence-electron chi connectivity index (χ4n) is 3.29. The monoisotopic (exact) mass is 384 g/mol. The van der Waals surface area contributed by atoms with Gasteiger partial charge in [0.15, 0.2) is 0 Å². The van der Waals surface area contributed by atoms with Gasteiger partial charge < -0.3 is 9.64 Å². The van der Waals surface area contributed by atoms with Gasteiger partial charge in [-0.15, -0.1) is 17.0 Å². The zero-order chi connectivity index (χ0) is 15.6. The molecule has 3 aromatic rings. The Hall–Kier alpha value is -2.07. The number of hydrogen-bond donors (Lipinski definition) is 0. The van der Waals surface area contributed by atoms with Gasteiger partial charge in [-0.3, -0.25) is 0 Å². The largest absolute Gasteiger partial charge is 0.497 e. The summed E-state index contributed by atoms with van der Waals surface area (Å²) in [5.41, 5.74) is 4.51. The maximum atomic E-state index is 5.25.